The van der Waals surface area contributed by atoms with Crippen molar-refractivity contribution >= 4 is 12.0 Å². The Balaban J connectivity index is 1.89. The second kappa shape index (κ2) is 11.0. The van der Waals surface area contributed by atoms with Gasteiger partial charge in [0.05, 0.1) is 12.1 Å². The van der Waals surface area contributed by atoms with Gasteiger partial charge in [-0.1, -0.05) is 43.7 Å². The first-order valence-corrected chi connectivity index (χ1v) is 9.36. The second-order valence-corrected chi connectivity index (χ2v) is 6.56. The molecule has 1 heterocycles. The van der Waals surface area contributed by atoms with E-state index in [1.807, 2.05) is 44.2 Å². The molecule has 7 nitrogen and oxygen atoms in total. The first kappa shape index (κ1) is 21.4. The van der Waals surface area contributed by atoms with Gasteiger partial charge in [-0.15, -0.1) is 0 Å². The fourth-order valence-electron chi connectivity index (χ4n) is 2.75. The first-order valence-electron chi connectivity index (χ1n) is 9.36. The summed E-state index contributed by atoms with van der Waals surface area (Å²) in [6, 6.07) is 11.8. The summed E-state index contributed by atoms with van der Waals surface area (Å²) in [4.78, 5) is 28.5. The van der Waals surface area contributed by atoms with Crippen LogP contribution in [-0.2, 0) is 16.1 Å². The van der Waals surface area contributed by atoms with Crippen molar-refractivity contribution in [1.82, 2.24) is 15.6 Å². The molecule has 0 aliphatic carbocycles. The number of ether oxygens (including phenoxy) is 1. The van der Waals surface area contributed by atoms with Gasteiger partial charge in [0.25, 0.3) is 5.91 Å². The van der Waals surface area contributed by atoms with Crippen LogP contribution in [0.3, 0.4) is 0 Å². The van der Waals surface area contributed by atoms with Gasteiger partial charge in [-0.2, -0.15) is 0 Å². The summed E-state index contributed by atoms with van der Waals surface area (Å²) in [6.07, 6.45) is 2.36. The zero-order chi connectivity index (χ0) is 20.4. The van der Waals surface area contributed by atoms with Gasteiger partial charge in [0.2, 0.25) is 0 Å². The van der Waals surface area contributed by atoms with Gasteiger partial charge in [-0.3, -0.25) is 9.78 Å². The molecule has 2 amide bonds. The molecule has 1 aromatic carbocycles. The van der Waals surface area contributed by atoms with Gasteiger partial charge in [0.1, 0.15) is 6.61 Å². The third kappa shape index (κ3) is 6.66. The van der Waals surface area contributed by atoms with Gasteiger partial charge < -0.3 is 20.5 Å². The normalized spacial score (nSPS) is 13.8. The Morgan fingerprint density at radius 2 is 1.79 bits per heavy atom. The van der Waals surface area contributed by atoms with Crippen molar-refractivity contribution < 1.29 is 19.4 Å². The van der Waals surface area contributed by atoms with E-state index < -0.39 is 24.1 Å². The van der Waals surface area contributed by atoms with Crippen molar-refractivity contribution in [2.24, 2.45) is 0 Å². The lowest BCUT2D eigenvalue weighted by Gasteiger charge is -2.24. The molecule has 1 unspecified atom stereocenters. The Hall–Kier alpha value is -2.93. The molecule has 0 aliphatic rings. The summed E-state index contributed by atoms with van der Waals surface area (Å²) in [7, 11) is 0. The molecule has 28 heavy (non-hydrogen) atoms. The van der Waals surface area contributed by atoms with Crippen LogP contribution in [0.5, 0.6) is 0 Å². The van der Waals surface area contributed by atoms with E-state index in [0.29, 0.717) is 12.8 Å². The number of benzene rings is 1. The molecule has 0 bridgehead atoms. The Morgan fingerprint density at radius 1 is 1.11 bits per heavy atom. The molecule has 3 atom stereocenters. The molecule has 0 aliphatic heterocycles. The molecule has 0 saturated heterocycles. The molecule has 1 aromatic heterocycles. The zero-order valence-corrected chi connectivity index (χ0v) is 16.2. The van der Waals surface area contributed by atoms with E-state index in [2.05, 4.69) is 15.6 Å². The Bertz CT molecular complexity index is 740. The SMILES string of the molecule is CCC[C@H](NC(=O)OCc1ccccc1)C(O)C(=O)N[C@@H](C)c1ccncc1. The number of rotatable bonds is 9. The largest absolute Gasteiger partial charge is 0.445 e. The molecule has 0 fully saturated rings. The average Bonchev–Trinajstić information content (AvgIpc) is 2.72. The van der Waals surface area contributed by atoms with Crippen LogP contribution in [0.2, 0.25) is 0 Å². The summed E-state index contributed by atoms with van der Waals surface area (Å²) < 4.78 is 5.19. The van der Waals surface area contributed by atoms with Crippen molar-refractivity contribution in [3.63, 3.8) is 0 Å². The lowest BCUT2D eigenvalue weighted by molar-refractivity contribution is -0.131. The maximum Gasteiger partial charge on any atom is 0.407 e. The highest BCUT2D eigenvalue weighted by Gasteiger charge is 2.28. The number of aromatic nitrogens is 1. The highest BCUT2D eigenvalue weighted by atomic mass is 16.5. The Morgan fingerprint density at radius 3 is 2.43 bits per heavy atom. The number of aliphatic hydroxyl groups is 1. The number of aliphatic hydroxyl groups excluding tert-OH is 1. The summed E-state index contributed by atoms with van der Waals surface area (Å²) in [5, 5.41) is 15.8. The molecule has 0 saturated carbocycles. The highest BCUT2D eigenvalue weighted by molar-refractivity contribution is 5.82. The topological polar surface area (TPSA) is 101 Å². The number of alkyl carbamates (subject to hydrolysis) is 1. The van der Waals surface area contributed by atoms with Crippen LogP contribution in [0.1, 0.15) is 43.9 Å². The fourth-order valence-corrected chi connectivity index (χ4v) is 2.75. The third-order valence-electron chi connectivity index (χ3n) is 4.33. The number of hydrogen-bond donors (Lipinski definition) is 3. The molecule has 2 rings (SSSR count). The standard InChI is InChI=1S/C21H27N3O4/c1-3-7-18(24-21(27)28-14-16-8-5-4-6-9-16)19(25)20(26)23-15(2)17-10-12-22-13-11-17/h4-6,8-13,15,18-19,25H,3,7,14H2,1-2H3,(H,23,26)(H,24,27)/t15-,18-,19?/m0/s1. The quantitative estimate of drug-likeness (QED) is 0.616. The van der Waals surface area contributed by atoms with Gasteiger partial charge >= 0.3 is 6.09 Å². The fraction of sp³-hybridized carbons (Fsp3) is 0.381. The molecular formula is C21H27N3O4. The molecule has 0 spiro atoms. The van der Waals surface area contributed by atoms with Crippen LogP contribution in [0, 0.1) is 0 Å². The van der Waals surface area contributed by atoms with E-state index in [4.69, 9.17) is 4.74 Å². The van der Waals surface area contributed by atoms with E-state index in [1.54, 1.807) is 24.5 Å². The van der Waals surface area contributed by atoms with Crippen molar-refractivity contribution in [1.29, 1.82) is 0 Å². The van der Waals surface area contributed by atoms with Crippen molar-refractivity contribution in [3.05, 3.63) is 66.0 Å². The highest BCUT2D eigenvalue weighted by Crippen LogP contribution is 2.12. The lowest BCUT2D eigenvalue weighted by atomic mass is 10.0. The second-order valence-electron chi connectivity index (χ2n) is 6.56. The molecular weight excluding hydrogens is 358 g/mol. The van der Waals surface area contributed by atoms with E-state index in [9.17, 15) is 14.7 Å². The predicted octanol–water partition coefficient (Wildman–Crippen LogP) is 2.71. The molecule has 2 aromatic rings. The summed E-state index contributed by atoms with van der Waals surface area (Å²) >= 11 is 0. The maximum absolute atomic E-state index is 12.4. The third-order valence-corrected chi connectivity index (χ3v) is 4.33. The molecule has 3 N–H and O–H groups in total. The van der Waals surface area contributed by atoms with Crippen LogP contribution in [-0.4, -0.2) is 34.2 Å². The Kier molecular flexibility index (Phi) is 8.42. The average molecular weight is 385 g/mol. The summed E-state index contributed by atoms with van der Waals surface area (Å²) in [5.74, 6) is -0.550. The maximum atomic E-state index is 12.4. The summed E-state index contributed by atoms with van der Waals surface area (Å²) in [6.45, 7) is 3.84. The van der Waals surface area contributed by atoms with Crippen LogP contribution < -0.4 is 10.6 Å². The number of amides is 2. The van der Waals surface area contributed by atoms with Crippen molar-refractivity contribution in [2.45, 2.75) is 51.5 Å². The number of carbonyl (C=O) groups excluding carboxylic acids is 2. The number of nitrogens with one attached hydrogen (secondary N) is 2. The molecule has 7 heteroatoms. The van der Waals surface area contributed by atoms with Gasteiger partial charge in [-0.05, 0) is 36.6 Å². The lowest BCUT2D eigenvalue weighted by Crippen LogP contribution is -2.51. The van der Waals surface area contributed by atoms with Gasteiger partial charge in [-0.25, -0.2) is 4.79 Å². The number of pyridine rings is 1. The molecule has 150 valence electrons. The smallest absolute Gasteiger partial charge is 0.407 e. The predicted molar refractivity (Wildman–Crippen MR) is 105 cm³/mol. The molecule has 0 radical (unpaired) electrons. The minimum Gasteiger partial charge on any atom is -0.445 e. The minimum atomic E-state index is -1.38. The summed E-state index contributed by atoms with van der Waals surface area (Å²) in [5.41, 5.74) is 1.73. The van der Waals surface area contributed by atoms with E-state index in [0.717, 1.165) is 11.1 Å². The first-order chi connectivity index (χ1) is 13.5. The van der Waals surface area contributed by atoms with E-state index in [-0.39, 0.29) is 12.6 Å². The van der Waals surface area contributed by atoms with Crippen LogP contribution in [0.4, 0.5) is 4.79 Å². The Labute approximate surface area is 165 Å². The van der Waals surface area contributed by atoms with Gasteiger partial charge in [0, 0.05) is 12.4 Å². The van der Waals surface area contributed by atoms with Crippen LogP contribution >= 0.6 is 0 Å². The van der Waals surface area contributed by atoms with Crippen LogP contribution in [0.25, 0.3) is 0 Å². The number of hydrogen-bond acceptors (Lipinski definition) is 5. The van der Waals surface area contributed by atoms with Crippen molar-refractivity contribution in [2.75, 3.05) is 0 Å². The van der Waals surface area contributed by atoms with E-state index >= 15 is 0 Å². The number of nitrogens with zero attached hydrogens (tertiary/aromatic N) is 1. The van der Waals surface area contributed by atoms with Crippen molar-refractivity contribution in [3.8, 4) is 0 Å². The zero-order valence-electron chi connectivity index (χ0n) is 16.2. The van der Waals surface area contributed by atoms with E-state index in [1.165, 1.54) is 0 Å². The monoisotopic (exact) mass is 385 g/mol. The minimum absolute atomic E-state index is 0.118. The van der Waals surface area contributed by atoms with Gasteiger partial charge in [0.15, 0.2) is 6.10 Å². The van der Waals surface area contributed by atoms with Crippen LogP contribution in [0.15, 0.2) is 54.9 Å². The number of carbonyl (C=O) groups is 2.